The molecule has 0 spiro atoms. The van der Waals surface area contributed by atoms with Crippen LogP contribution in [0, 0.1) is 0 Å². The summed E-state index contributed by atoms with van der Waals surface area (Å²) in [5.74, 6) is 0.799. The van der Waals surface area contributed by atoms with E-state index in [0.29, 0.717) is 0 Å². The molecule has 106 valence electrons. The van der Waals surface area contributed by atoms with E-state index in [0.717, 1.165) is 28.1 Å². The number of benzene rings is 1. The maximum absolute atomic E-state index is 4.40. The summed E-state index contributed by atoms with van der Waals surface area (Å²) in [4.78, 5) is 12.0. The van der Waals surface area contributed by atoms with E-state index in [4.69, 9.17) is 0 Å². The number of nitrogens with one attached hydrogen (secondary N) is 2. The van der Waals surface area contributed by atoms with E-state index < -0.39 is 0 Å². The number of rotatable bonds is 3. The summed E-state index contributed by atoms with van der Waals surface area (Å²) in [5.41, 5.74) is 5.14. The van der Waals surface area contributed by atoms with Crippen LogP contribution >= 0.6 is 0 Å². The highest BCUT2D eigenvalue weighted by Crippen LogP contribution is 2.26. The molecule has 0 unspecified atom stereocenters. The Morgan fingerprint density at radius 2 is 1.73 bits per heavy atom. The molecule has 0 aliphatic rings. The van der Waals surface area contributed by atoms with E-state index >= 15 is 0 Å². The Morgan fingerprint density at radius 1 is 0.818 bits per heavy atom. The monoisotopic (exact) mass is 286 g/mol. The van der Waals surface area contributed by atoms with Crippen LogP contribution in [0.25, 0.3) is 22.2 Å². The highest BCUT2D eigenvalue weighted by molar-refractivity contribution is 5.90. The van der Waals surface area contributed by atoms with Crippen molar-refractivity contribution in [1.29, 1.82) is 0 Å². The number of hydrogen-bond donors (Lipinski definition) is 2. The number of H-pyrrole nitrogens is 1. The van der Waals surface area contributed by atoms with Gasteiger partial charge in [-0.15, -0.1) is 0 Å². The molecular weight excluding hydrogens is 272 g/mol. The van der Waals surface area contributed by atoms with Crippen molar-refractivity contribution in [3.8, 4) is 11.1 Å². The minimum absolute atomic E-state index is 0.799. The average molecular weight is 286 g/mol. The molecule has 0 radical (unpaired) electrons. The van der Waals surface area contributed by atoms with Crippen LogP contribution in [0.15, 0.2) is 73.2 Å². The van der Waals surface area contributed by atoms with Crippen molar-refractivity contribution in [3.05, 3.63) is 73.2 Å². The Kier molecular flexibility index (Phi) is 3.05. The first kappa shape index (κ1) is 12.6. The predicted octanol–water partition coefficient (Wildman–Crippen LogP) is 4.37. The predicted molar refractivity (Wildman–Crippen MR) is 89.0 cm³/mol. The Morgan fingerprint density at radius 3 is 2.64 bits per heavy atom. The molecule has 0 aliphatic carbocycles. The van der Waals surface area contributed by atoms with Gasteiger partial charge in [-0.2, -0.15) is 0 Å². The van der Waals surface area contributed by atoms with Gasteiger partial charge in [0.15, 0.2) is 0 Å². The SMILES string of the molecule is c1ccc(-c2ccnc(Nc3c[nH]c4cccnc34)c2)cc1. The summed E-state index contributed by atoms with van der Waals surface area (Å²) in [5, 5.41) is 3.33. The second-order valence-corrected chi connectivity index (χ2v) is 5.02. The normalized spacial score (nSPS) is 10.7. The van der Waals surface area contributed by atoms with E-state index in [9.17, 15) is 0 Å². The van der Waals surface area contributed by atoms with Crippen molar-refractivity contribution in [3.63, 3.8) is 0 Å². The van der Waals surface area contributed by atoms with Crippen LogP contribution in [0.4, 0.5) is 11.5 Å². The van der Waals surface area contributed by atoms with Crippen LogP contribution in [0.1, 0.15) is 0 Å². The van der Waals surface area contributed by atoms with Crippen LogP contribution in [0.2, 0.25) is 0 Å². The third kappa shape index (κ3) is 2.31. The largest absolute Gasteiger partial charge is 0.358 e. The van der Waals surface area contributed by atoms with Gasteiger partial charge in [0.25, 0.3) is 0 Å². The molecule has 0 amide bonds. The lowest BCUT2D eigenvalue weighted by Gasteiger charge is -2.06. The van der Waals surface area contributed by atoms with Crippen LogP contribution in [0.5, 0.6) is 0 Å². The van der Waals surface area contributed by atoms with Gasteiger partial charge < -0.3 is 10.3 Å². The first-order valence-electron chi connectivity index (χ1n) is 7.11. The molecule has 0 bridgehead atoms. The molecule has 4 rings (SSSR count). The summed E-state index contributed by atoms with van der Waals surface area (Å²) < 4.78 is 0. The molecule has 2 N–H and O–H groups in total. The van der Waals surface area contributed by atoms with Crippen LogP contribution < -0.4 is 5.32 Å². The number of pyridine rings is 2. The fourth-order valence-electron chi connectivity index (χ4n) is 2.50. The maximum atomic E-state index is 4.40. The number of aromatic nitrogens is 3. The summed E-state index contributed by atoms with van der Waals surface area (Å²) in [7, 11) is 0. The summed E-state index contributed by atoms with van der Waals surface area (Å²) >= 11 is 0. The first-order chi connectivity index (χ1) is 10.9. The van der Waals surface area contributed by atoms with Crippen molar-refractivity contribution in [2.45, 2.75) is 0 Å². The molecule has 0 aliphatic heterocycles. The van der Waals surface area contributed by atoms with E-state index in [-0.39, 0.29) is 0 Å². The van der Waals surface area contributed by atoms with E-state index in [1.807, 2.05) is 54.9 Å². The number of aromatic amines is 1. The molecule has 3 aromatic heterocycles. The highest BCUT2D eigenvalue weighted by Gasteiger charge is 2.06. The molecule has 0 fully saturated rings. The topological polar surface area (TPSA) is 53.6 Å². The van der Waals surface area contributed by atoms with Crippen molar-refractivity contribution in [2.75, 3.05) is 5.32 Å². The lowest BCUT2D eigenvalue weighted by molar-refractivity contribution is 1.31. The molecule has 3 heterocycles. The minimum atomic E-state index is 0.799. The Balaban J connectivity index is 1.69. The zero-order chi connectivity index (χ0) is 14.8. The second kappa shape index (κ2) is 5.33. The van der Waals surface area contributed by atoms with Gasteiger partial charge in [-0.05, 0) is 35.4 Å². The molecule has 4 heteroatoms. The van der Waals surface area contributed by atoms with Gasteiger partial charge in [0.1, 0.15) is 11.3 Å². The lowest BCUT2D eigenvalue weighted by atomic mass is 10.1. The number of anilines is 2. The Labute approximate surface area is 127 Å². The van der Waals surface area contributed by atoms with Crippen LogP contribution in [-0.2, 0) is 0 Å². The second-order valence-electron chi connectivity index (χ2n) is 5.02. The molecular formula is C18H14N4. The average Bonchev–Trinajstić information content (AvgIpc) is 2.99. The molecule has 1 aromatic carbocycles. The first-order valence-corrected chi connectivity index (χ1v) is 7.11. The Hall–Kier alpha value is -3.14. The molecule has 0 saturated carbocycles. The van der Waals surface area contributed by atoms with Gasteiger partial charge in [-0.1, -0.05) is 30.3 Å². The standard InChI is InChI=1S/C18H14N4/c1-2-5-13(6-3-1)14-8-10-19-17(11-14)22-16-12-21-15-7-4-9-20-18(15)16/h1-12,21H,(H,19,22). The van der Waals surface area contributed by atoms with Gasteiger partial charge >= 0.3 is 0 Å². The minimum Gasteiger partial charge on any atom is -0.358 e. The van der Waals surface area contributed by atoms with Crippen molar-refractivity contribution < 1.29 is 0 Å². The molecule has 0 saturated heterocycles. The smallest absolute Gasteiger partial charge is 0.130 e. The third-order valence-electron chi connectivity index (χ3n) is 3.56. The fourth-order valence-corrected chi connectivity index (χ4v) is 2.50. The van der Waals surface area contributed by atoms with Crippen LogP contribution in [-0.4, -0.2) is 15.0 Å². The summed E-state index contributed by atoms with van der Waals surface area (Å²) in [6, 6.07) is 18.2. The number of nitrogens with zero attached hydrogens (tertiary/aromatic N) is 2. The quantitative estimate of drug-likeness (QED) is 0.588. The summed E-state index contributed by atoms with van der Waals surface area (Å²) in [6.45, 7) is 0. The molecule has 4 aromatic rings. The molecule has 4 nitrogen and oxygen atoms in total. The van der Waals surface area contributed by atoms with Crippen molar-refractivity contribution >= 4 is 22.5 Å². The molecule has 0 atom stereocenters. The van der Waals surface area contributed by atoms with Crippen molar-refractivity contribution in [2.24, 2.45) is 0 Å². The fraction of sp³-hybridized carbons (Fsp3) is 0. The third-order valence-corrected chi connectivity index (χ3v) is 3.56. The van der Waals surface area contributed by atoms with Gasteiger partial charge in [0.05, 0.1) is 11.2 Å². The number of hydrogen-bond acceptors (Lipinski definition) is 3. The van der Waals surface area contributed by atoms with Gasteiger partial charge in [0, 0.05) is 18.6 Å². The zero-order valence-electron chi connectivity index (χ0n) is 11.8. The zero-order valence-corrected chi connectivity index (χ0v) is 11.8. The van der Waals surface area contributed by atoms with E-state index in [2.05, 4.69) is 32.4 Å². The van der Waals surface area contributed by atoms with E-state index in [1.165, 1.54) is 5.56 Å². The maximum Gasteiger partial charge on any atom is 0.130 e. The molecule has 22 heavy (non-hydrogen) atoms. The van der Waals surface area contributed by atoms with Crippen LogP contribution in [0.3, 0.4) is 0 Å². The lowest BCUT2D eigenvalue weighted by Crippen LogP contribution is -1.93. The van der Waals surface area contributed by atoms with Gasteiger partial charge in [0.2, 0.25) is 0 Å². The van der Waals surface area contributed by atoms with Gasteiger partial charge in [-0.25, -0.2) is 4.98 Å². The number of fused-ring (bicyclic) bond motifs is 1. The highest BCUT2D eigenvalue weighted by atomic mass is 15.0. The Bertz CT molecular complexity index is 912. The summed E-state index contributed by atoms with van der Waals surface area (Å²) in [6.07, 6.45) is 5.51. The van der Waals surface area contributed by atoms with E-state index in [1.54, 1.807) is 6.20 Å². The van der Waals surface area contributed by atoms with Crippen molar-refractivity contribution in [1.82, 2.24) is 15.0 Å². The van der Waals surface area contributed by atoms with Gasteiger partial charge in [-0.3, -0.25) is 4.98 Å².